The van der Waals surface area contributed by atoms with Crippen molar-refractivity contribution in [3.8, 4) is 16.9 Å². The largest absolute Gasteiger partial charge is 0.491 e. The van der Waals surface area contributed by atoms with E-state index in [1.807, 2.05) is 6.07 Å². The first-order chi connectivity index (χ1) is 12.3. The number of rotatable bonds is 7. The van der Waals surface area contributed by atoms with E-state index < -0.39 is 0 Å². The fraction of sp³-hybridized carbons (Fsp3) is 0.435. The van der Waals surface area contributed by atoms with Gasteiger partial charge < -0.3 is 4.74 Å². The van der Waals surface area contributed by atoms with Crippen molar-refractivity contribution in [3.63, 3.8) is 0 Å². The standard InChI is InChI=1S/C23H28FO/c1-2-3-7-16-25-23-15-14-21(17-22(23)24)20-12-10-19(11-13-20)18-8-5-4-6-9-18/h4,10-15,17-18H,2-3,5-9,16H2,1H3. The average Bonchev–Trinajstić information content (AvgIpc) is 2.67. The molecule has 0 heterocycles. The molecule has 1 nitrogen and oxygen atoms in total. The third-order valence-corrected chi connectivity index (χ3v) is 5.09. The van der Waals surface area contributed by atoms with Crippen molar-refractivity contribution in [1.82, 2.24) is 0 Å². The van der Waals surface area contributed by atoms with Crippen LogP contribution in [0.1, 0.15) is 63.4 Å². The van der Waals surface area contributed by atoms with Gasteiger partial charge in [-0.15, -0.1) is 0 Å². The second kappa shape index (κ2) is 9.03. The molecule has 2 aromatic carbocycles. The van der Waals surface area contributed by atoms with Crippen LogP contribution in [0.3, 0.4) is 0 Å². The molecule has 0 atom stereocenters. The zero-order valence-corrected chi connectivity index (χ0v) is 15.1. The van der Waals surface area contributed by atoms with E-state index in [2.05, 4.69) is 37.6 Å². The van der Waals surface area contributed by atoms with Crippen molar-refractivity contribution < 1.29 is 9.13 Å². The molecule has 0 amide bonds. The first kappa shape index (κ1) is 18.0. The molecule has 2 aromatic rings. The molecule has 0 spiro atoms. The van der Waals surface area contributed by atoms with E-state index in [4.69, 9.17) is 4.74 Å². The summed E-state index contributed by atoms with van der Waals surface area (Å²) in [6.07, 6.45) is 10.5. The molecule has 0 unspecified atom stereocenters. The lowest BCUT2D eigenvalue weighted by molar-refractivity contribution is 0.291. The van der Waals surface area contributed by atoms with Crippen LogP contribution in [0.2, 0.25) is 0 Å². The van der Waals surface area contributed by atoms with E-state index in [9.17, 15) is 4.39 Å². The van der Waals surface area contributed by atoms with Crippen molar-refractivity contribution >= 4 is 0 Å². The van der Waals surface area contributed by atoms with Gasteiger partial charge in [-0.2, -0.15) is 0 Å². The molecule has 1 saturated carbocycles. The Morgan fingerprint density at radius 2 is 1.68 bits per heavy atom. The van der Waals surface area contributed by atoms with Gasteiger partial charge >= 0.3 is 0 Å². The summed E-state index contributed by atoms with van der Waals surface area (Å²) in [6, 6.07) is 13.9. The third-order valence-electron chi connectivity index (χ3n) is 5.09. The lowest BCUT2D eigenvalue weighted by Gasteiger charge is -2.22. The van der Waals surface area contributed by atoms with E-state index in [0.29, 0.717) is 18.3 Å². The number of hydrogen-bond donors (Lipinski definition) is 0. The van der Waals surface area contributed by atoms with Gasteiger partial charge in [-0.25, -0.2) is 4.39 Å². The molecule has 1 fully saturated rings. The Hall–Kier alpha value is -1.83. The van der Waals surface area contributed by atoms with Gasteiger partial charge in [0, 0.05) is 0 Å². The topological polar surface area (TPSA) is 9.23 Å². The third kappa shape index (κ3) is 4.84. The van der Waals surface area contributed by atoms with E-state index in [1.54, 1.807) is 12.1 Å². The number of benzene rings is 2. The van der Waals surface area contributed by atoms with Crippen LogP contribution in [0.4, 0.5) is 4.39 Å². The molecule has 25 heavy (non-hydrogen) atoms. The van der Waals surface area contributed by atoms with E-state index in [0.717, 1.165) is 30.4 Å². The summed E-state index contributed by atoms with van der Waals surface area (Å²) >= 11 is 0. The molecule has 1 aliphatic rings. The Morgan fingerprint density at radius 3 is 2.36 bits per heavy atom. The Labute approximate surface area is 151 Å². The summed E-state index contributed by atoms with van der Waals surface area (Å²) in [5.74, 6) is 0.755. The molecule has 1 aliphatic carbocycles. The molecule has 0 bridgehead atoms. The average molecular weight is 339 g/mol. The smallest absolute Gasteiger partial charge is 0.165 e. The minimum atomic E-state index is -0.277. The molecular formula is C23H28FO. The van der Waals surface area contributed by atoms with Crippen LogP contribution in [0.15, 0.2) is 42.5 Å². The number of ether oxygens (including phenoxy) is 1. The van der Waals surface area contributed by atoms with Crippen molar-refractivity contribution in [3.05, 3.63) is 60.3 Å². The van der Waals surface area contributed by atoms with Crippen LogP contribution < -0.4 is 4.74 Å². The van der Waals surface area contributed by atoms with E-state index in [-0.39, 0.29) is 5.82 Å². The summed E-state index contributed by atoms with van der Waals surface area (Å²) in [7, 11) is 0. The van der Waals surface area contributed by atoms with Crippen LogP contribution in [-0.2, 0) is 0 Å². The van der Waals surface area contributed by atoms with Gasteiger partial charge in [-0.1, -0.05) is 50.1 Å². The lowest BCUT2D eigenvalue weighted by atomic mass is 9.84. The monoisotopic (exact) mass is 339 g/mol. The fourth-order valence-electron chi connectivity index (χ4n) is 3.54. The van der Waals surface area contributed by atoms with Gasteiger partial charge in [0.15, 0.2) is 11.6 Å². The highest BCUT2D eigenvalue weighted by Gasteiger charge is 2.15. The van der Waals surface area contributed by atoms with Crippen molar-refractivity contribution in [1.29, 1.82) is 0 Å². The van der Waals surface area contributed by atoms with Gasteiger partial charge in [0.2, 0.25) is 0 Å². The van der Waals surface area contributed by atoms with Crippen LogP contribution in [0.25, 0.3) is 11.1 Å². The molecule has 133 valence electrons. The maximum absolute atomic E-state index is 14.3. The first-order valence-corrected chi connectivity index (χ1v) is 9.62. The summed E-state index contributed by atoms with van der Waals surface area (Å²) in [4.78, 5) is 0. The second-order valence-electron chi connectivity index (χ2n) is 6.96. The van der Waals surface area contributed by atoms with Crippen LogP contribution in [-0.4, -0.2) is 6.61 Å². The molecule has 0 N–H and O–H groups in total. The van der Waals surface area contributed by atoms with Crippen molar-refractivity contribution in [2.24, 2.45) is 0 Å². The molecule has 1 radical (unpaired) electrons. The quantitative estimate of drug-likeness (QED) is 0.497. The molecule has 0 aromatic heterocycles. The zero-order valence-electron chi connectivity index (χ0n) is 15.1. The highest BCUT2D eigenvalue weighted by atomic mass is 19.1. The Bertz CT molecular complexity index is 656. The predicted molar refractivity (Wildman–Crippen MR) is 102 cm³/mol. The fourth-order valence-corrected chi connectivity index (χ4v) is 3.54. The highest BCUT2D eigenvalue weighted by molar-refractivity contribution is 5.64. The minimum Gasteiger partial charge on any atom is -0.491 e. The maximum Gasteiger partial charge on any atom is 0.165 e. The molecular weight excluding hydrogens is 311 g/mol. The zero-order chi connectivity index (χ0) is 17.5. The molecule has 0 aliphatic heterocycles. The van der Waals surface area contributed by atoms with Gasteiger partial charge in [0.05, 0.1) is 6.61 Å². The molecule has 3 rings (SSSR count). The number of unbranched alkanes of at least 4 members (excludes halogenated alkanes) is 2. The minimum absolute atomic E-state index is 0.277. The van der Waals surface area contributed by atoms with Crippen LogP contribution >= 0.6 is 0 Å². The number of hydrogen-bond acceptors (Lipinski definition) is 1. The molecule has 2 heteroatoms. The summed E-state index contributed by atoms with van der Waals surface area (Å²) < 4.78 is 19.8. The molecule has 0 saturated heterocycles. The Balaban J connectivity index is 1.66. The lowest BCUT2D eigenvalue weighted by Crippen LogP contribution is -2.04. The highest BCUT2D eigenvalue weighted by Crippen LogP contribution is 2.33. The van der Waals surface area contributed by atoms with Gasteiger partial charge in [-0.3, -0.25) is 0 Å². The Kier molecular flexibility index (Phi) is 6.49. The van der Waals surface area contributed by atoms with Gasteiger partial charge in [0.1, 0.15) is 0 Å². The summed E-state index contributed by atoms with van der Waals surface area (Å²) in [5, 5.41) is 0. The van der Waals surface area contributed by atoms with Crippen LogP contribution in [0.5, 0.6) is 5.75 Å². The van der Waals surface area contributed by atoms with Gasteiger partial charge in [0.25, 0.3) is 0 Å². The van der Waals surface area contributed by atoms with Gasteiger partial charge in [-0.05, 0) is 73.3 Å². The predicted octanol–water partition coefficient (Wildman–Crippen LogP) is 6.92. The van der Waals surface area contributed by atoms with E-state index >= 15 is 0 Å². The summed E-state index contributed by atoms with van der Waals surface area (Å²) in [5.41, 5.74) is 3.37. The second-order valence-corrected chi connectivity index (χ2v) is 6.96. The van der Waals surface area contributed by atoms with Crippen molar-refractivity contribution in [2.45, 2.75) is 57.8 Å². The first-order valence-electron chi connectivity index (χ1n) is 9.62. The number of halogens is 1. The SMILES string of the molecule is CCCCCOc1ccc(-c2ccc(C3CC[CH]CC3)cc2)cc1F. The van der Waals surface area contributed by atoms with Crippen molar-refractivity contribution in [2.75, 3.05) is 6.61 Å². The normalized spacial score (nSPS) is 15.3. The van der Waals surface area contributed by atoms with E-state index in [1.165, 1.54) is 31.2 Å². The Morgan fingerprint density at radius 1 is 0.960 bits per heavy atom. The summed E-state index contributed by atoms with van der Waals surface area (Å²) in [6.45, 7) is 2.73. The maximum atomic E-state index is 14.3. The van der Waals surface area contributed by atoms with Crippen LogP contribution in [0, 0.1) is 12.2 Å².